The van der Waals surface area contributed by atoms with Gasteiger partial charge in [0.1, 0.15) is 5.52 Å². The maximum absolute atomic E-state index is 4.58. The molecule has 1 aliphatic rings. The molecule has 4 nitrogen and oxygen atoms in total. The van der Waals surface area contributed by atoms with Crippen LogP contribution in [0.25, 0.3) is 22.4 Å². The van der Waals surface area contributed by atoms with Gasteiger partial charge in [-0.1, -0.05) is 12.1 Å². The number of anilines is 1. The lowest BCUT2D eigenvalue weighted by Gasteiger charge is -2.04. The van der Waals surface area contributed by atoms with Crippen molar-refractivity contribution in [2.24, 2.45) is 0 Å². The summed E-state index contributed by atoms with van der Waals surface area (Å²) in [6, 6.07) is 14.1. The molecule has 0 radical (unpaired) electrons. The Morgan fingerprint density at radius 3 is 2.79 bits per heavy atom. The first-order chi connectivity index (χ1) is 9.40. The van der Waals surface area contributed by atoms with Crippen molar-refractivity contribution in [3.05, 3.63) is 48.0 Å². The van der Waals surface area contributed by atoms with E-state index >= 15 is 0 Å². The lowest BCUT2D eigenvalue weighted by Crippen LogP contribution is -1.94. The molecule has 0 spiro atoms. The molecule has 1 aliphatic heterocycles. The van der Waals surface area contributed by atoms with Crippen LogP contribution in [0.15, 0.2) is 42.5 Å². The molecule has 4 heteroatoms. The fraction of sp³-hybridized carbons (Fsp3) is 0.133. The summed E-state index contributed by atoms with van der Waals surface area (Å²) < 4.78 is 0. The molecule has 0 aliphatic carbocycles. The third-order valence-corrected chi connectivity index (χ3v) is 3.43. The first-order valence-corrected chi connectivity index (χ1v) is 6.37. The van der Waals surface area contributed by atoms with Gasteiger partial charge in [0.2, 0.25) is 0 Å². The van der Waals surface area contributed by atoms with Crippen LogP contribution in [0.2, 0.25) is 0 Å². The minimum Gasteiger partial charge on any atom is -0.384 e. The fourth-order valence-corrected chi connectivity index (χ4v) is 2.45. The maximum Gasteiger partial charge on any atom is 0.182 e. The van der Waals surface area contributed by atoms with Gasteiger partial charge in [-0.05, 0) is 42.3 Å². The van der Waals surface area contributed by atoms with E-state index < -0.39 is 0 Å². The third kappa shape index (κ3) is 1.73. The Balaban J connectivity index is 1.85. The summed E-state index contributed by atoms with van der Waals surface area (Å²) in [7, 11) is 0. The zero-order chi connectivity index (χ0) is 12.7. The molecule has 0 atom stereocenters. The van der Waals surface area contributed by atoms with E-state index in [1.807, 2.05) is 30.3 Å². The number of hydrogen-bond donors (Lipinski definition) is 1. The molecule has 0 saturated carbocycles. The van der Waals surface area contributed by atoms with Gasteiger partial charge in [-0.25, -0.2) is 4.98 Å². The van der Waals surface area contributed by atoms with Crippen molar-refractivity contribution in [1.29, 1.82) is 0 Å². The molecule has 2 aromatic carbocycles. The van der Waals surface area contributed by atoms with Crippen molar-refractivity contribution < 1.29 is 0 Å². The highest BCUT2D eigenvalue weighted by atomic mass is 15.1. The quantitative estimate of drug-likeness (QED) is 0.719. The molecule has 3 aromatic rings. The van der Waals surface area contributed by atoms with E-state index in [-0.39, 0.29) is 0 Å². The van der Waals surface area contributed by atoms with E-state index in [1.54, 1.807) is 0 Å². The number of benzene rings is 2. The molecular weight excluding hydrogens is 236 g/mol. The van der Waals surface area contributed by atoms with Gasteiger partial charge in [0.05, 0.1) is 5.52 Å². The van der Waals surface area contributed by atoms with E-state index in [9.17, 15) is 0 Å². The van der Waals surface area contributed by atoms with Crippen molar-refractivity contribution in [3.8, 4) is 11.4 Å². The SMILES string of the molecule is c1ccc2nc(-c3ccc4c(c3)CCN4)nnc2c1. The largest absolute Gasteiger partial charge is 0.384 e. The lowest BCUT2D eigenvalue weighted by molar-refractivity contribution is 1.03. The summed E-state index contributed by atoms with van der Waals surface area (Å²) in [4.78, 5) is 4.58. The smallest absolute Gasteiger partial charge is 0.182 e. The molecule has 2 heterocycles. The second-order valence-corrected chi connectivity index (χ2v) is 4.67. The molecule has 0 fully saturated rings. The molecule has 4 rings (SSSR count). The number of hydrogen-bond acceptors (Lipinski definition) is 4. The Morgan fingerprint density at radius 2 is 1.84 bits per heavy atom. The van der Waals surface area contributed by atoms with E-state index in [1.165, 1.54) is 11.3 Å². The molecule has 1 N–H and O–H groups in total. The van der Waals surface area contributed by atoms with E-state index in [0.717, 1.165) is 29.6 Å². The Labute approximate surface area is 110 Å². The standard InChI is InChI=1S/C15H12N4/c1-2-4-14-13(3-1)17-15(19-18-14)11-5-6-12-10(9-11)7-8-16-12/h1-6,9,16H,7-8H2. The van der Waals surface area contributed by atoms with Crippen LogP contribution in [-0.4, -0.2) is 21.7 Å². The maximum atomic E-state index is 4.58. The number of aromatic nitrogens is 3. The summed E-state index contributed by atoms with van der Waals surface area (Å²) in [5, 5.41) is 11.8. The third-order valence-electron chi connectivity index (χ3n) is 3.43. The first kappa shape index (κ1) is 10.4. The molecule has 0 bridgehead atoms. The van der Waals surface area contributed by atoms with Crippen molar-refractivity contribution in [1.82, 2.24) is 15.2 Å². The van der Waals surface area contributed by atoms with Gasteiger partial charge in [0, 0.05) is 17.8 Å². The average Bonchev–Trinajstić information content (AvgIpc) is 2.94. The molecule has 19 heavy (non-hydrogen) atoms. The first-order valence-electron chi connectivity index (χ1n) is 6.37. The van der Waals surface area contributed by atoms with Gasteiger partial charge in [0.25, 0.3) is 0 Å². The number of rotatable bonds is 1. The van der Waals surface area contributed by atoms with Crippen LogP contribution in [-0.2, 0) is 6.42 Å². The monoisotopic (exact) mass is 248 g/mol. The molecular formula is C15H12N4. The molecule has 0 amide bonds. The van der Waals surface area contributed by atoms with Crippen LogP contribution < -0.4 is 5.32 Å². The minimum absolute atomic E-state index is 0.688. The topological polar surface area (TPSA) is 50.7 Å². The van der Waals surface area contributed by atoms with Crippen molar-refractivity contribution in [3.63, 3.8) is 0 Å². The number of nitrogens with zero attached hydrogens (tertiary/aromatic N) is 3. The number of nitrogens with one attached hydrogen (secondary N) is 1. The average molecular weight is 248 g/mol. The molecule has 1 aromatic heterocycles. The van der Waals surface area contributed by atoms with Gasteiger partial charge in [0.15, 0.2) is 5.82 Å². The predicted octanol–water partition coefficient (Wildman–Crippen LogP) is 2.66. The van der Waals surface area contributed by atoms with Crippen LogP contribution in [0.5, 0.6) is 0 Å². The van der Waals surface area contributed by atoms with Crippen LogP contribution in [0.1, 0.15) is 5.56 Å². The van der Waals surface area contributed by atoms with Gasteiger partial charge < -0.3 is 5.32 Å². The second kappa shape index (κ2) is 4.02. The summed E-state index contributed by atoms with van der Waals surface area (Å²) in [5.41, 5.74) is 5.28. The number of fused-ring (bicyclic) bond motifs is 2. The zero-order valence-corrected chi connectivity index (χ0v) is 10.3. The molecule has 92 valence electrons. The Kier molecular flexibility index (Phi) is 2.21. The highest BCUT2D eigenvalue weighted by molar-refractivity contribution is 5.76. The highest BCUT2D eigenvalue weighted by Gasteiger charge is 2.12. The van der Waals surface area contributed by atoms with Gasteiger partial charge >= 0.3 is 0 Å². The normalized spacial score (nSPS) is 13.3. The lowest BCUT2D eigenvalue weighted by atomic mass is 10.1. The number of para-hydroxylation sites is 1. The highest BCUT2D eigenvalue weighted by Crippen LogP contribution is 2.27. The van der Waals surface area contributed by atoms with Crippen molar-refractivity contribution >= 4 is 16.7 Å². The van der Waals surface area contributed by atoms with E-state index in [0.29, 0.717) is 5.82 Å². The molecule has 0 unspecified atom stereocenters. The summed E-state index contributed by atoms with van der Waals surface area (Å²) in [5.74, 6) is 0.688. The van der Waals surface area contributed by atoms with Crippen LogP contribution in [0, 0.1) is 0 Å². The molecule has 0 saturated heterocycles. The van der Waals surface area contributed by atoms with Gasteiger partial charge in [-0.15, -0.1) is 10.2 Å². The summed E-state index contributed by atoms with van der Waals surface area (Å²) >= 11 is 0. The van der Waals surface area contributed by atoms with Crippen molar-refractivity contribution in [2.45, 2.75) is 6.42 Å². The minimum atomic E-state index is 0.688. The van der Waals surface area contributed by atoms with Gasteiger partial charge in [-0.2, -0.15) is 0 Å². The Morgan fingerprint density at radius 1 is 0.947 bits per heavy atom. The second-order valence-electron chi connectivity index (χ2n) is 4.67. The van der Waals surface area contributed by atoms with Crippen LogP contribution in [0.3, 0.4) is 0 Å². The Hall–Kier alpha value is -2.49. The predicted molar refractivity (Wildman–Crippen MR) is 75.0 cm³/mol. The van der Waals surface area contributed by atoms with E-state index in [2.05, 4.69) is 32.6 Å². The van der Waals surface area contributed by atoms with E-state index in [4.69, 9.17) is 0 Å². The van der Waals surface area contributed by atoms with Crippen LogP contribution in [0.4, 0.5) is 5.69 Å². The van der Waals surface area contributed by atoms with Gasteiger partial charge in [-0.3, -0.25) is 0 Å². The van der Waals surface area contributed by atoms with Crippen molar-refractivity contribution in [2.75, 3.05) is 11.9 Å². The Bertz CT molecular complexity index is 767. The van der Waals surface area contributed by atoms with Crippen LogP contribution >= 0.6 is 0 Å². The zero-order valence-electron chi connectivity index (χ0n) is 10.3. The summed E-state index contributed by atoms with van der Waals surface area (Å²) in [6.45, 7) is 1.01. The fourth-order valence-electron chi connectivity index (χ4n) is 2.45. The summed E-state index contributed by atoms with van der Waals surface area (Å²) in [6.07, 6.45) is 1.06.